The summed E-state index contributed by atoms with van der Waals surface area (Å²) in [5, 5.41) is 9.53. The van der Waals surface area contributed by atoms with Crippen molar-refractivity contribution in [3.63, 3.8) is 0 Å². The van der Waals surface area contributed by atoms with Crippen molar-refractivity contribution in [1.29, 1.82) is 0 Å². The minimum absolute atomic E-state index is 0.228. The standard InChI is InChI=1S/C12H16BrFO/c1-3-9(8(2)15)6-10-4-5-11(14)7-12(10)13/h4-5,7-9,15H,3,6H2,1-2H3. The highest BCUT2D eigenvalue weighted by Crippen LogP contribution is 2.23. The van der Waals surface area contributed by atoms with Gasteiger partial charge in [0.2, 0.25) is 0 Å². The molecule has 1 nitrogen and oxygen atoms in total. The second kappa shape index (κ2) is 5.61. The fraction of sp³-hybridized carbons (Fsp3) is 0.500. The first-order chi connectivity index (χ1) is 7.04. The molecule has 0 saturated heterocycles. The first-order valence-electron chi connectivity index (χ1n) is 5.16. The third kappa shape index (κ3) is 3.58. The van der Waals surface area contributed by atoms with E-state index in [1.807, 2.05) is 0 Å². The van der Waals surface area contributed by atoms with Crippen molar-refractivity contribution in [3.8, 4) is 0 Å². The molecular formula is C12H16BrFO. The molecule has 1 N–H and O–H groups in total. The molecule has 0 heterocycles. The summed E-state index contributed by atoms with van der Waals surface area (Å²) in [6, 6.07) is 4.68. The maximum Gasteiger partial charge on any atom is 0.124 e. The van der Waals surface area contributed by atoms with E-state index in [9.17, 15) is 9.50 Å². The van der Waals surface area contributed by atoms with Gasteiger partial charge >= 0.3 is 0 Å². The van der Waals surface area contributed by atoms with Crippen LogP contribution in [0.4, 0.5) is 4.39 Å². The van der Waals surface area contributed by atoms with Gasteiger partial charge in [-0.25, -0.2) is 4.39 Å². The van der Waals surface area contributed by atoms with E-state index in [1.165, 1.54) is 12.1 Å². The predicted octanol–water partition coefficient (Wildman–Crippen LogP) is 3.54. The zero-order chi connectivity index (χ0) is 11.4. The highest BCUT2D eigenvalue weighted by molar-refractivity contribution is 9.10. The van der Waals surface area contributed by atoms with E-state index in [4.69, 9.17) is 0 Å². The fourth-order valence-corrected chi connectivity index (χ4v) is 2.14. The van der Waals surface area contributed by atoms with Crippen LogP contribution in [-0.4, -0.2) is 11.2 Å². The molecule has 2 unspecified atom stereocenters. The molecule has 84 valence electrons. The molecule has 3 heteroatoms. The summed E-state index contributed by atoms with van der Waals surface area (Å²) in [6.45, 7) is 3.85. The van der Waals surface area contributed by atoms with E-state index in [2.05, 4.69) is 22.9 Å². The van der Waals surface area contributed by atoms with Gasteiger partial charge in [0.15, 0.2) is 0 Å². The van der Waals surface area contributed by atoms with Gasteiger partial charge in [0.25, 0.3) is 0 Å². The van der Waals surface area contributed by atoms with Crippen LogP contribution in [-0.2, 0) is 6.42 Å². The first kappa shape index (κ1) is 12.7. The Morgan fingerprint density at radius 2 is 2.13 bits per heavy atom. The van der Waals surface area contributed by atoms with E-state index >= 15 is 0 Å². The molecule has 15 heavy (non-hydrogen) atoms. The lowest BCUT2D eigenvalue weighted by Crippen LogP contribution is -2.18. The molecule has 0 saturated carbocycles. The molecule has 0 aliphatic carbocycles. The molecule has 0 fully saturated rings. The van der Waals surface area contributed by atoms with Crippen LogP contribution in [0.2, 0.25) is 0 Å². The van der Waals surface area contributed by atoms with Gasteiger partial charge in [0.05, 0.1) is 6.10 Å². The molecular weight excluding hydrogens is 259 g/mol. The van der Waals surface area contributed by atoms with Gasteiger partial charge in [-0.05, 0) is 37.0 Å². The third-order valence-electron chi connectivity index (χ3n) is 2.70. The Hall–Kier alpha value is -0.410. The summed E-state index contributed by atoms with van der Waals surface area (Å²) in [5.41, 5.74) is 1.05. The summed E-state index contributed by atoms with van der Waals surface area (Å²) in [7, 11) is 0. The van der Waals surface area contributed by atoms with Crippen molar-refractivity contribution in [1.82, 2.24) is 0 Å². The van der Waals surface area contributed by atoms with Crippen LogP contribution in [0.25, 0.3) is 0 Å². The van der Waals surface area contributed by atoms with Crippen LogP contribution in [0.1, 0.15) is 25.8 Å². The Morgan fingerprint density at radius 3 is 2.60 bits per heavy atom. The van der Waals surface area contributed by atoms with E-state index in [0.717, 1.165) is 22.9 Å². The minimum atomic E-state index is -0.327. The van der Waals surface area contributed by atoms with Gasteiger partial charge in [-0.15, -0.1) is 0 Å². The molecule has 0 spiro atoms. The SMILES string of the molecule is CCC(Cc1ccc(F)cc1Br)C(C)O. The quantitative estimate of drug-likeness (QED) is 0.891. The molecule has 0 aliphatic rings. The van der Waals surface area contributed by atoms with Crippen LogP contribution in [0.5, 0.6) is 0 Å². The van der Waals surface area contributed by atoms with Crippen LogP contribution in [0, 0.1) is 11.7 Å². The van der Waals surface area contributed by atoms with Crippen molar-refractivity contribution < 1.29 is 9.50 Å². The molecule has 0 bridgehead atoms. The van der Waals surface area contributed by atoms with E-state index in [0.29, 0.717) is 0 Å². The lowest BCUT2D eigenvalue weighted by Gasteiger charge is -2.18. The highest BCUT2D eigenvalue weighted by Gasteiger charge is 2.14. The molecule has 1 aromatic rings. The van der Waals surface area contributed by atoms with Crippen LogP contribution in [0.15, 0.2) is 22.7 Å². The monoisotopic (exact) mass is 274 g/mol. The zero-order valence-corrected chi connectivity index (χ0v) is 10.6. The van der Waals surface area contributed by atoms with Gasteiger partial charge in [0, 0.05) is 4.47 Å². The highest BCUT2D eigenvalue weighted by atomic mass is 79.9. The largest absolute Gasteiger partial charge is 0.393 e. The van der Waals surface area contributed by atoms with Crippen LogP contribution in [0.3, 0.4) is 0 Å². The van der Waals surface area contributed by atoms with Crippen molar-refractivity contribution in [2.45, 2.75) is 32.8 Å². The number of benzene rings is 1. The van der Waals surface area contributed by atoms with E-state index in [-0.39, 0.29) is 17.8 Å². The molecule has 0 amide bonds. The molecule has 1 rings (SSSR count). The number of aliphatic hydroxyl groups is 1. The van der Waals surface area contributed by atoms with Gasteiger partial charge in [-0.2, -0.15) is 0 Å². The average Bonchev–Trinajstić information content (AvgIpc) is 2.16. The average molecular weight is 275 g/mol. The summed E-state index contributed by atoms with van der Waals surface area (Å²) >= 11 is 3.33. The van der Waals surface area contributed by atoms with E-state index in [1.54, 1.807) is 13.0 Å². The Bertz CT molecular complexity index is 325. The van der Waals surface area contributed by atoms with Crippen molar-refractivity contribution in [2.24, 2.45) is 5.92 Å². The number of rotatable bonds is 4. The van der Waals surface area contributed by atoms with Crippen molar-refractivity contribution in [3.05, 3.63) is 34.1 Å². The summed E-state index contributed by atoms with van der Waals surface area (Å²) in [4.78, 5) is 0. The van der Waals surface area contributed by atoms with Crippen molar-refractivity contribution >= 4 is 15.9 Å². The van der Waals surface area contributed by atoms with Gasteiger partial charge in [-0.3, -0.25) is 0 Å². The normalized spacial score (nSPS) is 15.0. The Balaban J connectivity index is 2.79. The molecule has 2 atom stereocenters. The number of hydrogen-bond donors (Lipinski definition) is 1. The first-order valence-corrected chi connectivity index (χ1v) is 5.96. The summed E-state index contributed by atoms with van der Waals surface area (Å²) in [6.07, 6.45) is 1.36. The minimum Gasteiger partial charge on any atom is -0.393 e. The molecule has 1 aromatic carbocycles. The topological polar surface area (TPSA) is 20.2 Å². The maximum absolute atomic E-state index is 12.8. The zero-order valence-electron chi connectivity index (χ0n) is 9.00. The molecule has 0 aromatic heterocycles. The summed E-state index contributed by atoms with van der Waals surface area (Å²) in [5.74, 6) is -0.0116. The number of halogens is 2. The van der Waals surface area contributed by atoms with E-state index < -0.39 is 0 Å². The predicted molar refractivity (Wildman–Crippen MR) is 63.3 cm³/mol. The smallest absolute Gasteiger partial charge is 0.124 e. The Labute approximate surface area is 98.4 Å². The third-order valence-corrected chi connectivity index (χ3v) is 3.44. The Kier molecular flexibility index (Phi) is 4.74. The number of hydrogen-bond acceptors (Lipinski definition) is 1. The van der Waals surface area contributed by atoms with Crippen molar-refractivity contribution in [2.75, 3.05) is 0 Å². The second-order valence-corrected chi connectivity index (χ2v) is 4.70. The van der Waals surface area contributed by atoms with Gasteiger partial charge in [-0.1, -0.05) is 35.3 Å². The Morgan fingerprint density at radius 1 is 1.47 bits per heavy atom. The summed E-state index contributed by atoms with van der Waals surface area (Å²) < 4.78 is 13.6. The lowest BCUT2D eigenvalue weighted by molar-refractivity contribution is 0.123. The fourth-order valence-electron chi connectivity index (χ4n) is 1.63. The van der Waals surface area contributed by atoms with Crippen LogP contribution < -0.4 is 0 Å². The van der Waals surface area contributed by atoms with Gasteiger partial charge < -0.3 is 5.11 Å². The lowest BCUT2D eigenvalue weighted by atomic mass is 9.92. The molecule has 0 aliphatic heterocycles. The molecule has 0 radical (unpaired) electrons. The van der Waals surface area contributed by atoms with Gasteiger partial charge in [0.1, 0.15) is 5.82 Å². The second-order valence-electron chi connectivity index (χ2n) is 3.85. The van der Waals surface area contributed by atoms with Crippen LogP contribution >= 0.6 is 15.9 Å². The maximum atomic E-state index is 12.8. The number of aliphatic hydroxyl groups excluding tert-OH is 1.